The van der Waals surface area contributed by atoms with Crippen LogP contribution >= 0.6 is 0 Å². The van der Waals surface area contributed by atoms with Crippen molar-refractivity contribution in [3.8, 4) is 0 Å². The normalized spacial score (nSPS) is 16.6. The quantitative estimate of drug-likeness (QED) is 0.719. The summed E-state index contributed by atoms with van der Waals surface area (Å²) in [7, 11) is 0. The first kappa shape index (κ1) is 15.2. The van der Waals surface area contributed by atoms with E-state index in [-0.39, 0.29) is 6.10 Å². The highest BCUT2D eigenvalue weighted by molar-refractivity contribution is 6.02. The molecule has 0 bridgehead atoms. The van der Waals surface area contributed by atoms with Gasteiger partial charge in [0.05, 0.1) is 6.10 Å². The Bertz CT molecular complexity index is 372. The van der Waals surface area contributed by atoms with E-state index in [2.05, 4.69) is 5.32 Å². The van der Waals surface area contributed by atoms with E-state index in [1.807, 2.05) is 6.92 Å². The smallest absolute Gasteiger partial charge is 0.328 e. The van der Waals surface area contributed by atoms with Crippen molar-refractivity contribution < 1.29 is 24.2 Å². The van der Waals surface area contributed by atoms with Gasteiger partial charge in [-0.15, -0.1) is 0 Å². The summed E-state index contributed by atoms with van der Waals surface area (Å²) in [5.74, 6) is -1.97. The van der Waals surface area contributed by atoms with Crippen LogP contribution in [0.25, 0.3) is 0 Å². The van der Waals surface area contributed by atoms with Gasteiger partial charge >= 0.3 is 12.0 Å². The van der Waals surface area contributed by atoms with Crippen LogP contribution in [0.2, 0.25) is 0 Å². The van der Waals surface area contributed by atoms with E-state index in [0.29, 0.717) is 25.8 Å². The predicted octanol–water partition coefficient (Wildman–Crippen LogP) is 0.364. The maximum atomic E-state index is 11.7. The Morgan fingerprint density at radius 2 is 1.95 bits per heavy atom. The molecule has 19 heavy (non-hydrogen) atoms. The van der Waals surface area contributed by atoms with Crippen LogP contribution in [0.15, 0.2) is 12.2 Å². The molecule has 1 aliphatic heterocycles. The molecule has 0 aromatic carbocycles. The summed E-state index contributed by atoms with van der Waals surface area (Å²) in [6.07, 6.45) is 3.13. The highest BCUT2D eigenvalue weighted by Gasteiger charge is 2.23. The van der Waals surface area contributed by atoms with Gasteiger partial charge < -0.3 is 14.7 Å². The summed E-state index contributed by atoms with van der Waals surface area (Å²) >= 11 is 0. The number of amides is 3. The SMILES string of the molecule is CCOC1CCN(C(=O)NC(=O)C=CC(=O)O)CC1. The molecule has 0 atom stereocenters. The van der Waals surface area contributed by atoms with Gasteiger partial charge in [-0.3, -0.25) is 10.1 Å². The molecule has 0 aromatic heterocycles. The monoisotopic (exact) mass is 270 g/mol. The van der Waals surface area contributed by atoms with Crippen LogP contribution in [-0.2, 0) is 14.3 Å². The second-order valence-electron chi connectivity index (χ2n) is 4.11. The summed E-state index contributed by atoms with van der Waals surface area (Å²) in [6.45, 7) is 3.61. The first-order chi connectivity index (χ1) is 9.02. The molecule has 0 saturated carbocycles. The van der Waals surface area contributed by atoms with Gasteiger partial charge in [-0.1, -0.05) is 0 Å². The number of carboxylic acids is 1. The molecule has 1 aliphatic rings. The molecule has 1 saturated heterocycles. The average Bonchev–Trinajstić information content (AvgIpc) is 2.37. The Labute approximate surface area is 111 Å². The zero-order valence-corrected chi connectivity index (χ0v) is 10.8. The van der Waals surface area contributed by atoms with Crippen LogP contribution in [0.4, 0.5) is 4.79 Å². The van der Waals surface area contributed by atoms with Crippen LogP contribution in [0.3, 0.4) is 0 Å². The Balaban J connectivity index is 2.35. The highest BCUT2D eigenvalue weighted by Crippen LogP contribution is 2.13. The first-order valence-electron chi connectivity index (χ1n) is 6.15. The van der Waals surface area contributed by atoms with E-state index >= 15 is 0 Å². The lowest BCUT2D eigenvalue weighted by molar-refractivity contribution is -0.131. The van der Waals surface area contributed by atoms with Crippen molar-refractivity contribution in [3.63, 3.8) is 0 Å². The summed E-state index contributed by atoms with van der Waals surface area (Å²) < 4.78 is 5.46. The van der Waals surface area contributed by atoms with Gasteiger partial charge in [0.1, 0.15) is 0 Å². The van der Waals surface area contributed by atoms with Crippen LogP contribution < -0.4 is 5.32 Å². The first-order valence-corrected chi connectivity index (χ1v) is 6.15. The Kier molecular flexibility index (Phi) is 6.01. The predicted molar refractivity (Wildman–Crippen MR) is 66.5 cm³/mol. The van der Waals surface area contributed by atoms with Gasteiger partial charge in [0.15, 0.2) is 0 Å². The van der Waals surface area contributed by atoms with Crippen LogP contribution in [-0.4, -0.2) is 53.7 Å². The molecule has 0 unspecified atom stereocenters. The van der Waals surface area contributed by atoms with E-state index in [0.717, 1.165) is 18.9 Å². The number of rotatable bonds is 4. The number of nitrogens with one attached hydrogen (secondary N) is 1. The number of piperidine rings is 1. The van der Waals surface area contributed by atoms with Gasteiger partial charge in [0, 0.05) is 31.8 Å². The topological polar surface area (TPSA) is 95.9 Å². The fraction of sp³-hybridized carbons (Fsp3) is 0.583. The minimum Gasteiger partial charge on any atom is -0.478 e. The highest BCUT2D eigenvalue weighted by atomic mass is 16.5. The van der Waals surface area contributed by atoms with Gasteiger partial charge in [-0.05, 0) is 19.8 Å². The fourth-order valence-electron chi connectivity index (χ4n) is 1.83. The summed E-state index contributed by atoms with van der Waals surface area (Å²) in [4.78, 5) is 34.7. The van der Waals surface area contributed by atoms with E-state index in [1.54, 1.807) is 0 Å². The number of hydrogen-bond acceptors (Lipinski definition) is 4. The van der Waals surface area contributed by atoms with Crippen LogP contribution in [0.1, 0.15) is 19.8 Å². The second kappa shape index (κ2) is 7.52. The van der Waals surface area contributed by atoms with Crippen molar-refractivity contribution in [1.82, 2.24) is 10.2 Å². The number of carbonyl (C=O) groups excluding carboxylic acids is 2. The van der Waals surface area contributed by atoms with E-state index in [9.17, 15) is 14.4 Å². The van der Waals surface area contributed by atoms with Crippen molar-refractivity contribution in [3.05, 3.63) is 12.2 Å². The lowest BCUT2D eigenvalue weighted by atomic mass is 10.1. The molecule has 1 rings (SSSR count). The molecular weight excluding hydrogens is 252 g/mol. The molecule has 106 valence electrons. The van der Waals surface area contributed by atoms with Crippen LogP contribution in [0, 0.1) is 0 Å². The molecule has 1 fully saturated rings. The average molecular weight is 270 g/mol. The van der Waals surface area contributed by atoms with E-state index in [1.165, 1.54) is 4.90 Å². The van der Waals surface area contributed by atoms with Gasteiger partial charge in [-0.25, -0.2) is 9.59 Å². The summed E-state index contributed by atoms with van der Waals surface area (Å²) in [6, 6.07) is -0.505. The fourth-order valence-corrected chi connectivity index (χ4v) is 1.83. The number of imide groups is 1. The number of aliphatic carboxylic acids is 1. The number of ether oxygens (including phenoxy) is 1. The van der Waals surface area contributed by atoms with Crippen molar-refractivity contribution in [2.45, 2.75) is 25.9 Å². The molecule has 0 spiro atoms. The number of carboxylic acid groups (broad SMARTS) is 1. The molecule has 1 heterocycles. The third kappa shape index (κ3) is 5.52. The third-order valence-electron chi connectivity index (χ3n) is 2.74. The Morgan fingerprint density at radius 3 is 2.47 bits per heavy atom. The van der Waals surface area contributed by atoms with Gasteiger partial charge in [0.2, 0.25) is 0 Å². The minimum absolute atomic E-state index is 0.164. The molecule has 7 heteroatoms. The summed E-state index contributed by atoms with van der Waals surface area (Å²) in [5.41, 5.74) is 0. The van der Waals surface area contributed by atoms with E-state index < -0.39 is 17.9 Å². The third-order valence-corrected chi connectivity index (χ3v) is 2.74. The van der Waals surface area contributed by atoms with Gasteiger partial charge in [0.25, 0.3) is 5.91 Å². The largest absolute Gasteiger partial charge is 0.478 e. The van der Waals surface area contributed by atoms with Crippen molar-refractivity contribution in [2.75, 3.05) is 19.7 Å². The maximum absolute atomic E-state index is 11.7. The number of carbonyl (C=O) groups is 3. The van der Waals surface area contributed by atoms with Crippen molar-refractivity contribution in [1.29, 1.82) is 0 Å². The maximum Gasteiger partial charge on any atom is 0.328 e. The molecule has 2 N–H and O–H groups in total. The van der Waals surface area contributed by atoms with Gasteiger partial charge in [-0.2, -0.15) is 0 Å². The molecule has 0 radical (unpaired) electrons. The zero-order chi connectivity index (χ0) is 14.3. The number of urea groups is 1. The lowest BCUT2D eigenvalue weighted by Crippen LogP contribution is -2.47. The molecule has 3 amide bonds. The standard InChI is InChI=1S/C12H18N2O5/c1-2-19-9-5-7-14(8-6-9)12(18)13-10(15)3-4-11(16)17/h3-4,9H,2,5-8H2,1H3,(H,16,17)(H,13,15,18). The number of likely N-dealkylation sites (tertiary alicyclic amines) is 1. The van der Waals surface area contributed by atoms with Crippen LogP contribution in [0.5, 0.6) is 0 Å². The number of hydrogen-bond donors (Lipinski definition) is 2. The molecule has 7 nitrogen and oxygen atoms in total. The Morgan fingerprint density at radius 1 is 1.32 bits per heavy atom. The molecular formula is C12H18N2O5. The minimum atomic E-state index is -1.24. The van der Waals surface area contributed by atoms with Crippen molar-refractivity contribution >= 4 is 17.9 Å². The Hall–Kier alpha value is -1.89. The molecule has 0 aromatic rings. The van der Waals surface area contributed by atoms with E-state index in [4.69, 9.17) is 9.84 Å². The second-order valence-corrected chi connectivity index (χ2v) is 4.11. The summed E-state index contributed by atoms with van der Waals surface area (Å²) in [5, 5.41) is 10.5. The zero-order valence-electron chi connectivity index (χ0n) is 10.8. The molecule has 0 aliphatic carbocycles. The number of nitrogens with zero attached hydrogens (tertiary/aromatic N) is 1. The lowest BCUT2D eigenvalue weighted by Gasteiger charge is -2.31. The van der Waals surface area contributed by atoms with Crippen molar-refractivity contribution in [2.24, 2.45) is 0 Å².